The van der Waals surface area contributed by atoms with E-state index in [1.807, 2.05) is 0 Å². The van der Waals surface area contributed by atoms with Crippen molar-refractivity contribution < 1.29 is 0 Å². The van der Waals surface area contributed by atoms with E-state index in [9.17, 15) is 0 Å². The van der Waals surface area contributed by atoms with Gasteiger partial charge >= 0.3 is 0 Å². The number of allylic oxidation sites excluding steroid dienone is 1. The molecule has 0 saturated heterocycles. The molecule has 0 aliphatic carbocycles. The Labute approximate surface area is 76.2 Å². The van der Waals surface area contributed by atoms with Crippen LogP contribution in [0.3, 0.4) is 0 Å². The minimum atomic E-state index is 1.24. The maximum absolute atomic E-state index is 2.12. The summed E-state index contributed by atoms with van der Waals surface area (Å²) in [6, 6.07) is 0. The fraction of sp³-hybridized carbons (Fsp3) is 0.778. The molecule has 0 aromatic rings. The maximum atomic E-state index is 2.12. The quantitative estimate of drug-likeness (QED) is 0.623. The number of rotatable bonds is 3. The van der Waals surface area contributed by atoms with Crippen LogP contribution < -0.4 is 0 Å². The van der Waals surface area contributed by atoms with Gasteiger partial charge in [-0.3, -0.25) is 0 Å². The van der Waals surface area contributed by atoms with Gasteiger partial charge in [-0.1, -0.05) is 0 Å². The molecule has 0 unspecified atom stereocenters. The van der Waals surface area contributed by atoms with Gasteiger partial charge in [-0.15, -0.1) is 0 Å². The Balaban J connectivity index is 4.81. The molecule has 0 aliphatic rings. The summed E-state index contributed by atoms with van der Waals surface area (Å²) in [4.78, 5) is 6.36. The predicted molar refractivity (Wildman–Crippen MR) is 53.8 cm³/mol. The van der Waals surface area contributed by atoms with Gasteiger partial charge in [0.15, 0.2) is 0 Å². The molecule has 0 radical (unpaired) electrons. The van der Waals surface area contributed by atoms with Crippen molar-refractivity contribution in [1.82, 2.24) is 14.7 Å². The highest BCUT2D eigenvalue weighted by molar-refractivity contribution is 5.06. The van der Waals surface area contributed by atoms with Gasteiger partial charge in [0, 0.05) is 42.3 Å². The Morgan fingerprint density at radius 2 is 1.00 bits per heavy atom. The average Bonchev–Trinajstić information content (AvgIpc) is 1.85. The van der Waals surface area contributed by atoms with Gasteiger partial charge < -0.3 is 14.7 Å². The maximum Gasteiger partial charge on any atom is 0.122 e. The summed E-state index contributed by atoms with van der Waals surface area (Å²) in [5, 5.41) is 0. The first kappa shape index (κ1) is 11.1. The topological polar surface area (TPSA) is 9.72 Å². The fourth-order valence-electron chi connectivity index (χ4n) is 1.25. The summed E-state index contributed by atoms with van der Waals surface area (Å²) in [6.07, 6.45) is 0. The third-order valence-electron chi connectivity index (χ3n) is 1.84. The number of nitrogens with zero attached hydrogens (tertiary/aromatic N) is 3. The van der Waals surface area contributed by atoms with Crippen LogP contribution >= 0.6 is 0 Å². The van der Waals surface area contributed by atoms with Crippen molar-refractivity contribution in [1.29, 1.82) is 0 Å². The van der Waals surface area contributed by atoms with E-state index in [1.165, 1.54) is 11.5 Å². The minimum Gasteiger partial charge on any atom is -0.378 e. The van der Waals surface area contributed by atoms with Crippen molar-refractivity contribution in [2.75, 3.05) is 42.3 Å². The van der Waals surface area contributed by atoms with Crippen LogP contribution in [0.4, 0.5) is 0 Å². The van der Waals surface area contributed by atoms with Gasteiger partial charge in [-0.25, -0.2) is 0 Å². The second kappa shape index (κ2) is 4.24. The molecular weight excluding hydrogens is 150 g/mol. The van der Waals surface area contributed by atoms with E-state index < -0.39 is 0 Å². The number of hydrogen-bond donors (Lipinski definition) is 0. The summed E-state index contributed by atoms with van der Waals surface area (Å²) < 4.78 is 0. The van der Waals surface area contributed by atoms with Gasteiger partial charge in [0.25, 0.3) is 0 Å². The molecular formula is C9H21N3. The molecule has 0 amide bonds. The van der Waals surface area contributed by atoms with Crippen LogP contribution in [0.1, 0.15) is 6.92 Å². The zero-order valence-corrected chi connectivity index (χ0v) is 9.34. The second-order valence-electron chi connectivity index (χ2n) is 3.59. The van der Waals surface area contributed by atoms with Crippen molar-refractivity contribution in [3.05, 3.63) is 11.5 Å². The monoisotopic (exact) mass is 171 g/mol. The SMILES string of the molecule is CC(=C(N(C)C)N(C)C)N(C)C. The third kappa shape index (κ3) is 2.64. The lowest BCUT2D eigenvalue weighted by Gasteiger charge is -2.29. The molecule has 12 heavy (non-hydrogen) atoms. The normalized spacial score (nSPS) is 9.25. The van der Waals surface area contributed by atoms with Crippen molar-refractivity contribution in [3.63, 3.8) is 0 Å². The Bertz CT molecular complexity index is 159. The summed E-state index contributed by atoms with van der Waals surface area (Å²) in [5.41, 5.74) is 1.27. The van der Waals surface area contributed by atoms with Crippen LogP contribution in [-0.2, 0) is 0 Å². The van der Waals surface area contributed by atoms with E-state index in [2.05, 4.69) is 63.9 Å². The van der Waals surface area contributed by atoms with Crippen molar-refractivity contribution in [2.45, 2.75) is 6.92 Å². The fourth-order valence-corrected chi connectivity index (χ4v) is 1.25. The van der Waals surface area contributed by atoms with Crippen LogP contribution in [0.25, 0.3) is 0 Å². The van der Waals surface area contributed by atoms with Gasteiger partial charge in [-0.2, -0.15) is 0 Å². The van der Waals surface area contributed by atoms with Gasteiger partial charge in [0.05, 0.1) is 5.70 Å². The molecule has 3 nitrogen and oxygen atoms in total. The molecule has 0 atom stereocenters. The van der Waals surface area contributed by atoms with E-state index in [4.69, 9.17) is 0 Å². The van der Waals surface area contributed by atoms with E-state index in [0.717, 1.165) is 0 Å². The first-order valence-corrected chi connectivity index (χ1v) is 4.10. The van der Waals surface area contributed by atoms with Crippen LogP contribution in [0.5, 0.6) is 0 Å². The Morgan fingerprint density at radius 3 is 1.08 bits per heavy atom. The lowest BCUT2D eigenvalue weighted by molar-refractivity contribution is 0.313. The van der Waals surface area contributed by atoms with Crippen LogP contribution in [-0.4, -0.2) is 57.0 Å². The lowest BCUT2D eigenvalue weighted by atomic mass is 10.4. The van der Waals surface area contributed by atoms with E-state index in [0.29, 0.717) is 0 Å². The Morgan fingerprint density at radius 1 is 0.667 bits per heavy atom. The molecule has 3 heteroatoms. The first-order valence-electron chi connectivity index (χ1n) is 4.10. The highest BCUT2D eigenvalue weighted by Crippen LogP contribution is 2.10. The van der Waals surface area contributed by atoms with Gasteiger partial charge in [0.1, 0.15) is 5.82 Å². The summed E-state index contributed by atoms with van der Waals surface area (Å²) in [5.74, 6) is 1.24. The zero-order chi connectivity index (χ0) is 9.89. The largest absolute Gasteiger partial charge is 0.378 e. The molecule has 0 aliphatic heterocycles. The first-order chi connectivity index (χ1) is 5.37. The molecule has 0 heterocycles. The summed E-state index contributed by atoms with van der Waals surface area (Å²) in [6.45, 7) is 2.12. The highest BCUT2D eigenvalue weighted by atomic mass is 15.3. The van der Waals surface area contributed by atoms with Crippen molar-refractivity contribution in [2.24, 2.45) is 0 Å². The second-order valence-corrected chi connectivity index (χ2v) is 3.59. The van der Waals surface area contributed by atoms with Gasteiger partial charge in [-0.05, 0) is 6.92 Å². The molecule has 0 spiro atoms. The van der Waals surface area contributed by atoms with E-state index >= 15 is 0 Å². The average molecular weight is 171 g/mol. The molecule has 0 bridgehead atoms. The van der Waals surface area contributed by atoms with Crippen molar-refractivity contribution >= 4 is 0 Å². The molecule has 72 valence electrons. The summed E-state index contributed by atoms with van der Waals surface area (Å²) in [7, 11) is 12.3. The zero-order valence-electron chi connectivity index (χ0n) is 9.34. The smallest absolute Gasteiger partial charge is 0.122 e. The van der Waals surface area contributed by atoms with E-state index in [1.54, 1.807) is 0 Å². The van der Waals surface area contributed by atoms with Crippen LogP contribution in [0.15, 0.2) is 11.5 Å². The lowest BCUT2D eigenvalue weighted by Crippen LogP contribution is -2.29. The van der Waals surface area contributed by atoms with Crippen molar-refractivity contribution in [3.8, 4) is 0 Å². The molecule has 0 fully saturated rings. The van der Waals surface area contributed by atoms with Crippen LogP contribution in [0, 0.1) is 0 Å². The Hall–Kier alpha value is -0.860. The molecule has 0 aromatic heterocycles. The van der Waals surface area contributed by atoms with Gasteiger partial charge in [0.2, 0.25) is 0 Å². The molecule has 0 rings (SSSR count). The number of hydrogen-bond acceptors (Lipinski definition) is 3. The molecule has 0 aromatic carbocycles. The molecule has 0 N–H and O–H groups in total. The minimum absolute atomic E-state index is 1.24. The van der Waals surface area contributed by atoms with Crippen LogP contribution in [0.2, 0.25) is 0 Å². The highest BCUT2D eigenvalue weighted by Gasteiger charge is 2.08. The predicted octanol–water partition coefficient (Wildman–Crippen LogP) is 0.860. The Kier molecular flexibility index (Phi) is 3.93. The van der Waals surface area contributed by atoms with E-state index in [-0.39, 0.29) is 0 Å². The third-order valence-corrected chi connectivity index (χ3v) is 1.84. The summed E-state index contributed by atoms with van der Waals surface area (Å²) >= 11 is 0. The molecule has 0 saturated carbocycles. The standard InChI is InChI=1S/C9H21N3/c1-8(10(2)3)9(11(4)5)12(6)7/h1-7H3.